The molecule has 0 N–H and O–H groups in total. The summed E-state index contributed by atoms with van der Waals surface area (Å²) in [5.41, 5.74) is 1.01. The van der Waals surface area contributed by atoms with E-state index in [1.807, 2.05) is 19.1 Å². The van der Waals surface area contributed by atoms with Crippen molar-refractivity contribution in [2.45, 2.75) is 18.5 Å². The van der Waals surface area contributed by atoms with Gasteiger partial charge < -0.3 is 4.74 Å². The number of rotatable bonds is 4. The molecule has 3 rings (SSSR count). The highest BCUT2D eigenvalue weighted by Crippen LogP contribution is 2.25. The van der Waals surface area contributed by atoms with Crippen LogP contribution in [0.5, 0.6) is 0 Å². The van der Waals surface area contributed by atoms with E-state index >= 15 is 0 Å². The van der Waals surface area contributed by atoms with Crippen molar-refractivity contribution in [3.05, 3.63) is 30.1 Å². The minimum Gasteiger partial charge on any atom is -0.379 e. The number of para-hydroxylation sites is 1. The molecule has 2 aromatic rings. The second kappa shape index (κ2) is 7.59. The Hall–Kier alpha value is -1.61. The van der Waals surface area contributed by atoms with Gasteiger partial charge in [-0.1, -0.05) is 35.9 Å². The molecule has 114 valence electrons. The van der Waals surface area contributed by atoms with Crippen molar-refractivity contribution in [2.75, 3.05) is 32.1 Å². The predicted octanol–water partition coefficient (Wildman–Crippen LogP) is 2.58. The highest BCUT2D eigenvalue weighted by Gasteiger charge is 2.14. The first-order valence-electron chi connectivity index (χ1n) is 7.45. The molecule has 4 nitrogen and oxygen atoms in total. The molecular formula is C17H19N3OS. The lowest BCUT2D eigenvalue weighted by Crippen LogP contribution is -2.36. The van der Waals surface area contributed by atoms with Crippen molar-refractivity contribution in [3.8, 4) is 11.8 Å². The van der Waals surface area contributed by atoms with Gasteiger partial charge in [-0.25, -0.2) is 9.97 Å². The van der Waals surface area contributed by atoms with Gasteiger partial charge in [-0.15, -0.1) is 5.92 Å². The molecule has 0 spiro atoms. The van der Waals surface area contributed by atoms with Crippen LogP contribution in [-0.4, -0.2) is 46.9 Å². The Morgan fingerprint density at radius 1 is 1.23 bits per heavy atom. The number of hydrogen-bond acceptors (Lipinski definition) is 5. The Balaban J connectivity index is 1.87. The Bertz CT molecular complexity index is 702. The summed E-state index contributed by atoms with van der Waals surface area (Å²) in [7, 11) is 0. The zero-order valence-electron chi connectivity index (χ0n) is 12.7. The molecule has 1 fully saturated rings. The van der Waals surface area contributed by atoms with Gasteiger partial charge in [0.25, 0.3) is 0 Å². The lowest BCUT2D eigenvalue weighted by atomic mass is 10.2. The molecule has 1 aromatic carbocycles. The zero-order chi connectivity index (χ0) is 15.2. The predicted molar refractivity (Wildman–Crippen MR) is 89.8 cm³/mol. The molecule has 22 heavy (non-hydrogen) atoms. The average molecular weight is 313 g/mol. The van der Waals surface area contributed by atoms with Crippen LogP contribution in [0.25, 0.3) is 10.9 Å². The summed E-state index contributed by atoms with van der Waals surface area (Å²) < 4.78 is 5.40. The maximum atomic E-state index is 5.40. The van der Waals surface area contributed by atoms with E-state index in [4.69, 9.17) is 14.7 Å². The molecular weight excluding hydrogens is 294 g/mol. The summed E-state index contributed by atoms with van der Waals surface area (Å²) in [6.07, 6.45) is 0. The number of morpholine rings is 1. The largest absolute Gasteiger partial charge is 0.379 e. The minimum atomic E-state index is 0.758. The summed E-state index contributed by atoms with van der Waals surface area (Å²) >= 11 is 1.68. The van der Waals surface area contributed by atoms with E-state index in [1.54, 1.807) is 11.8 Å². The van der Waals surface area contributed by atoms with Gasteiger partial charge in [0.15, 0.2) is 0 Å². The molecule has 0 aliphatic carbocycles. The number of thioether (sulfide) groups is 1. The van der Waals surface area contributed by atoms with Crippen LogP contribution < -0.4 is 0 Å². The topological polar surface area (TPSA) is 38.2 Å². The normalized spacial score (nSPS) is 15.5. The van der Waals surface area contributed by atoms with Crippen LogP contribution in [-0.2, 0) is 11.3 Å². The van der Waals surface area contributed by atoms with E-state index in [9.17, 15) is 0 Å². The van der Waals surface area contributed by atoms with Crippen molar-refractivity contribution in [3.63, 3.8) is 0 Å². The summed E-state index contributed by atoms with van der Waals surface area (Å²) in [5.74, 6) is 7.66. The Kier molecular flexibility index (Phi) is 5.28. The second-order valence-corrected chi connectivity index (χ2v) is 6.03. The number of hydrogen-bond donors (Lipinski definition) is 0. The summed E-state index contributed by atoms with van der Waals surface area (Å²) in [4.78, 5) is 11.8. The number of nitrogens with zero attached hydrogens (tertiary/aromatic N) is 3. The van der Waals surface area contributed by atoms with Crippen molar-refractivity contribution >= 4 is 22.7 Å². The van der Waals surface area contributed by atoms with Crippen LogP contribution in [0.4, 0.5) is 0 Å². The SMILES string of the molecule is CC#CCSc1nc(CN2CCOCC2)nc2ccccc12. The first-order chi connectivity index (χ1) is 10.9. The fraction of sp³-hybridized carbons (Fsp3) is 0.412. The van der Waals surface area contributed by atoms with E-state index in [1.165, 1.54) is 0 Å². The first kappa shape index (κ1) is 15.3. The number of ether oxygens (including phenoxy) is 1. The average Bonchev–Trinajstić information content (AvgIpc) is 2.56. The van der Waals surface area contributed by atoms with Crippen molar-refractivity contribution in [2.24, 2.45) is 0 Å². The van der Waals surface area contributed by atoms with Gasteiger partial charge in [-0.2, -0.15) is 0 Å². The maximum Gasteiger partial charge on any atom is 0.144 e. The van der Waals surface area contributed by atoms with Crippen molar-refractivity contribution < 1.29 is 4.74 Å². The molecule has 2 heterocycles. The molecule has 0 radical (unpaired) electrons. The Morgan fingerprint density at radius 2 is 2.05 bits per heavy atom. The zero-order valence-corrected chi connectivity index (χ0v) is 13.5. The van der Waals surface area contributed by atoms with Gasteiger partial charge in [-0.05, 0) is 13.0 Å². The number of benzene rings is 1. The molecule has 0 amide bonds. The van der Waals surface area contributed by atoms with Gasteiger partial charge in [0.2, 0.25) is 0 Å². The summed E-state index contributed by atoms with van der Waals surface area (Å²) in [5, 5.41) is 2.13. The molecule has 1 aromatic heterocycles. The van der Waals surface area contributed by atoms with Crippen molar-refractivity contribution in [1.29, 1.82) is 0 Å². The molecule has 5 heteroatoms. The monoisotopic (exact) mass is 313 g/mol. The third kappa shape index (κ3) is 3.77. The second-order valence-electron chi connectivity index (χ2n) is 5.07. The van der Waals surface area contributed by atoms with E-state index in [-0.39, 0.29) is 0 Å². The van der Waals surface area contributed by atoms with Crippen LogP contribution in [0.2, 0.25) is 0 Å². The third-order valence-electron chi connectivity index (χ3n) is 3.54. The van der Waals surface area contributed by atoms with Crippen LogP contribution in [0.3, 0.4) is 0 Å². The molecule has 1 aliphatic heterocycles. The summed E-state index contributed by atoms with van der Waals surface area (Å²) in [6, 6.07) is 8.18. The highest BCUT2D eigenvalue weighted by atomic mass is 32.2. The third-order valence-corrected chi connectivity index (χ3v) is 4.41. The molecule has 1 aliphatic rings. The number of fused-ring (bicyclic) bond motifs is 1. The number of aromatic nitrogens is 2. The fourth-order valence-electron chi connectivity index (χ4n) is 2.41. The minimum absolute atomic E-state index is 0.758. The van der Waals surface area contributed by atoms with Gasteiger partial charge in [0.1, 0.15) is 10.9 Å². The molecule has 0 atom stereocenters. The van der Waals surface area contributed by atoms with E-state index in [2.05, 4.69) is 28.9 Å². The van der Waals surface area contributed by atoms with Crippen molar-refractivity contribution in [1.82, 2.24) is 14.9 Å². The quantitative estimate of drug-likeness (QED) is 0.493. The van der Waals surface area contributed by atoms with Gasteiger partial charge >= 0.3 is 0 Å². The standard InChI is InChI=1S/C17H19N3OS/c1-2-3-12-22-17-14-6-4-5-7-15(14)18-16(19-17)13-20-8-10-21-11-9-20/h4-7H,8-13H2,1H3. The van der Waals surface area contributed by atoms with E-state index < -0.39 is 0 Å². The Morgan fingerprint density at radius 3 is 2.86 bits per heavy atom. The lowest BCUT2D eigenvalue weighted by molar-refractivity contribution is 0.0330. The van der Waals surface area contributed by atoms with Crippen LogP contribution >= 0.6 is 11.8 Å². The van der Waals surface area contributed by atoms with Gasteiger partial charge in [-0.3, -0.25) is 4.90 Å². The van der Waals surface area contributed by atoms with E-state index in [0.29, 0.717) is 0 Å². The Labute approximate surface area is 135 Å². The lowest BCUT2D eigenvalue weighted by Gasteiger charge is -2.25. The molecule has 1 saturated heterocycles. The van der Waals surface area contributed by atoms with Gasteiger partial charge in [0, 0.05) is 18.5 Å². The summed E-state index contributed by atoms with van der Waals surface area (Å²) in [6.45, 7) is 6.12. The van der Waals surface area contributed by atoms with Crippen LogP contribution in [0, 0.1) is 11.8 Å². The van der Waals surface area contributed by atoms with Gasteiger partial charge in [0.05, 0.1) is 31.0 Å². The maximum absolute atomic E-state index is 5.40. The first-order valence-corrected chi connectivity index (χ1v) is 8.43. The highest BCUT2D eigenvalue weighted by molar-refractivity contribution is 7.99. The smallest absolute Gasteiger partial charge is 0.144 e. The molecule has 0 saturated carbocycles. The molecule has 0 bridgehead atoms. The van der Waals surface area contributed by atoms with E-state index in [0.717, 1.165) is 60.4 Å². The fourth-order valence-corrected chi connectivity index (χ4v) is 3.26. The van der Waals surface area contributed by atoms with Crippen LogP contribution in [0.15, 0.2) is 29.3 Å². The van der Waals surface area contributed by atoms with Crippen LogP contribution in [0.1, 0.15) is 12.7 Å². The molecule has 0 unspecified atom stereocenters.